The van der Waals surface area contributed by atoms with Crippen molar-refractivity contribution in [2.45, 2.75) is 0 Å². The van der Waals surface area contributed by atoms with Crippen molar-refractivity contribution < 1.29 is 9.53 Å². The SMILES string of the molecule is CNC(=O)c1cc(-c2ccc(Cl)cc2)c2cc(OC)ccc2n1. The zero-order valence-electron chi connectivity index (χ0n) is 12.8. The molecule has 0 unspecified atom stereocenters. The van der Waals surface area contributed by atoms with Crippen LogP contribution in [0, 0.1) is 0 Å². The number of hydrogen-bond donors (Lipinski definition) is 1. The maximum absolute atomic E-state index is 12.0. The summed E-state index contributed by atoms with van der Waals surface area (Å²) < 4.78 is 5.30. The zero-order valence-corrected chi connectivity index (χ0v) is 13.5. The molecule has 23 heavy (non-hydrogen) atoms. The molecular weight excluding hydrogens is 312 g/mol. The summed E-state index contributed by atoms with van der Waals surface area (Å²) in [7, 11) is 3.21. The van der Waals surface area contributed by atoms with Gasteiger partial charge in [0.05, 0.1) is 12.6 Å². The molecular formula is C18H15ClN2O2. The number of halogens is 1. The minimum atomic E-state index is -0.224. The first-order chi connectivity index (χ1) is 11.1. The summed E-state index contributed by atoms with van der Waals surface area (Å²) in [5, 5.41) is 4.19. The molecule has 0 aliphatic heterocycles. The van der Waals surface area contributed by atoms with Crippen molar-refractivity contribution in [2.24, 2.45) is 0 Å². The number of nitrogens with zero attached hydrogens (tertiary/aromatic N) is 1. The summed E-state index contributed by atoms with van der Waals surface area (Å²) in [5.41, 5.74) is 2.97. The number of carbonyl (C=O) groups is 1. The molecule has 1 heterocycles. The van der Waals surface area contributed by atoms with Crippen molar-refractivity contribution >= 4 is 28.4 Å². The first-order valence-electron chi connectivity index (χ1n) is 7.09. The largest absolute Gasteiger partial charge is 0.497 e. The Hall–Kier alpha value is -2.59. The van der Waals surface area contributed by atoms with Gasteiger partial charge in [0.2, 0.25) is 0 Å². The van der Waals surface area contributed by atoms with Gasteiger partial charge in [-0.3, -0.25) is 4.79 Å². The van der Waals surface area contributed by atoms with E-state index in [4.69, 9.17) is 16.3 Å². The van der Waals surface area contributed by atoms with Crippen LogP contribution in [-0.4, -0.2) is 25.0 Å². The third-order valence-corrected chi connectivity index (χ3v) is 3.88. The predicted octanol–water partition coefficient (Wildman–Crippen LogP) is 3.92. The van der Waals surface area contributed by atoms with Gasteiger partial charge in [0.25, 0.3) is 5.91 Å². The highest BCUT2D eigenvalue weighted by Gasteiger charge is 2.13. The Balaban J connectivity index is 2.30. The van der Waals surface area contributed by atoms with Crippen LogP contribution in [0.15, 0.2) is 48.5 Å². The number of nitrogens with one attached hydrogen (secondary N) is 1. The Labute approximate surface area is 139 Å². The molecule has 0 saturated carbocycles. The van der Waals surface area contributed by atoms with Crippen LogP contribution in [0.25, 0.3) is 22.0 Å². The number of amides is 1. The average Bonchev–Trinajstić information content (AvgIpc) is 2.60. The molecule has 3 aromatic rings. The molecule has 0 fully saturated rings. The molecule has 2 aromatic carbocycles. The summed E-state index contributed by atoms with van der Waals surface area (Å²) in [6.07, 6.45) is 0. The Morgan fingerprint density at radius 1 is 1.13 bits per heavy atom. The van der Waals surface area contributed by atoms with E-state index >= 15 is 0 Å². The highest BCUT2D eigenvalue weighted by Crippen LogP contribution is 2.31. The number of pyridine rings is 1. The van der Waals surface area contributed by atoms with Gasteiger partial charge < -0.3 is 10.1 Å². The van der Waals surface area contributed by atoms with Gasteiger partial charge in [0.1, 0.15) is 11.4 Å². The smallest absolute Gasteiger partial charge is 0.269 e. The fourth-order valence-corrected chi connectivity index (χ4v) is 2.57. The fraction of sp³-hybridized carbons (Fsp3) is 0.111. The minimum Gasteiger partial charge on any atom is -0.497 e. The normalized spacial score (nSPS) is 10.6. The van der Waals surface area contributed by atoms with Crippen LogP contribution < -0.4 is 10.1 Å². The number of ether oxygens (including phenoxy) is 1. The van der Waals surface area contributed by atoms with Crippen LogP contribution in [0.5, 0.6) is 5.75 Å². The third-order valence-electron chi connectivity index (χ3n) is 3.63. The molecule has 0 aliphatic carbocycles. The number of hydrogen-bond acceptors (Lipinski definition) is 3. The van der Waals surface area contributed by atoms with Crippen LogP contribution in [0.1, 0.15) is 10.5 Å². The average molecular weight is 327 g/mol. The number of carbonyl (C=O) groups excluding carboxylic acids is 1. The van der Waals surface area contributed by atoms with Crippen molar-refractivity contribution in [3.63, 3.8) is 0 Å². The molecule has 0 aliphatic rings. The maximum Gasteiger partial charge on any atom is 0.269 e. The number of benzene rings is 2. The third kappa shape index (κ3) is 2.98. The molecule has 1 aromatic heterocycles. The van der Waals surface area contributed by atoms with E-state index in [0.717, 1.165) is 27.8 Å². The summed E-state index contributed by atoms with van der Waals surface area (Å²) in [4.78, 5) is 16.4. The standard InChI is InChI=1S/C18H15ClN2O2/c1-20-18(22)17-10-14(11-3-5-12(19)6-4-11)15-9-13(23-2)7-8-16(15)21-17/h3-10H,1-2H3,(H,20,22). The van der Waals surface area contributed by atoms with Gasteiger partial charge >= 0.3 is 0 Å². The van der Waals surface area contributed by atoms with E-state index in [2.05, 4.69) is 10.3 Å². The molecule has 116 valence electrons. The summed E-state index contributed by atoms with van der Waals surface area (Å²) in [6.45, 7) is 0. The Morgan fingerprint density at radius 3 is 2.52 bits per heavy atom. The molecule has 0 radical (unpaired) electrons. The monoisotopic (exact) mass is 326 g/mol. The summed E-state index contributed by atoms with van der Waals surface area (Å²) in [5.74, 6) is 0.514. The lowest BCUT2D eigenvalue weighted by Crippen LogP contribution is -2.19. The second-order valence-electron chi connectivity index (χ2n) is 5.02. The number of fused-ring (bicyclic) bond motifs is 1. The lowest BCUT2D eigenvalue weighted by atomic mass is 9.99. The molecule has 5 heteroatoms. The second-order valence-corrected chi connectivity index (χ2v) is 5.46. The van der Waals surface area contributed by atoms with Crippen molar-refractivity contribution in [3.05, 3.63) is 59.2 Å². The van der Waals surface area contributed by atoms with Gasteiger partial charge in [-0.05, 0) is 47.5 Å². The van der Waals surface area contributed by atoms with Crippen LogP contribution in [-0.2, 0) is 0 Å². The van der Waals surface area contributed by atoms with Gasteiger partial charge in [-0.25, -0.2) is 4.98 Å². The Morgan fingerprint density at radius 2 is 1.87 bits per heavy atom. The van der Waals surface area contributed by atoms with Crippen LogP contribution in [0.4, 0.5) is 0 Å². The number of rotatable bonds is 3. The van der Waals surface area contributed by atoms with Crippen molar-refractivity contribution in [1.82, 2.24) is 10.3 Å². The predicted molar refractivity (Wildman–Crippen MR) is 92.1 cm³/mol. The minimum absolute atomic E-state index is 0.224. The Bertz CT molecular complexity index is 876. The Kier molecular flexibility index (Phi) is 4.17. The van der Waals surface area contributed by atoms with Crippen molar-refractivity contribution in [2.75, 3.05) is 14.2 Å². The fourth-order valence-electron chi connectivity index (χ4n) is 2.44. The van der Waals surface area contributed by atoms with Crippen LogP contribution in [0.2, 0.25) is 5.02 Å². The van der Waals surface area contributed by atoms with E-state index in [1.54, 1.807) is 20.2 Å². The van der Waals surface area contributed by atoms with E-state index in [-0.39, 0.29) is 5.91 Å². The molecule has 0 saturated heterocycles. The van der Waals surface area contributed by atoms with Crippen LogP contribution in [0.3, 0.4) is 0 Å². The number of methoxy groups -OCH3 is 1. The first kappa shape index (κ1) is 15.3. The van der Waals surface area contributed by atoms with Gasteiger partial charge in [-0.1, -0.05) is 23.7 Å². The van der Waals surface area contributed by atoms with E-state index in [1.165, 1.54) is 0 Å². The molecule has 3 rings (SSSR count). The van der Waals surface area contributed by atoms with Gasteiger partial charge in [0.15, 0.2) is 0 Å². The lowest BCUT2D eigenvalue weighted by molar-refractivity contribution is 0.0958. The quantitative estimate of drug-likeness (QED) is 0.793. The van der Waals surface area contributed by atoms with E-state index in [9.17, 15) is 4.79 Å². The maximum atomic E-state index is 12.0. The second kappa shape index (κ2) is 6.26. The molecule has 0 spiro atoms. The van der Waals surface area contributed by atoms with Gasteiger partial charge in [-0.15, -0.1) is 0 Å². The zero-order chi connectivity index (χ0) is 16.4. The van der Waals surface area contributed by atoms with Gasteiger partial charge in [-0.2, -0.15) is 0 Å². The van der Waals surface area contributed by atoms with Crippen LogP contribution >= 0.6 is 11.6 Å². The first-order valence-corrected chi connectivity index (χ1v) is 7.47. The highest BCUT2D eigenvalue weighted by atomic mass is 35.5. The molecule has 1 N–H and O–H groups in total. The topological polar surface area (TPSA) is 51.2 Å². The molecule has 1 amide bonds. The van der Waals surface area contributed by atoms with Gasteiger partial charge in [0, 0.05) is 17.5 Å². The lowest BCUT2D eigenvalue weighted by Gasteiger charge is -2.11. The number of aromatic nitrogens is 1. The molecule has 0 bridgehead atoms. The summed E-state index contributed by atoms with van der Waals surface area (Å²) in [6, 6.07) is 14.9. The van der Waals surface area contributed by atoms with E-state index in [1.807, 2.05) is 42.5 Å². The summed E-state index contributed by atoms with van der Waals surface area (Å²) >= 11 is 5.97. The highest BCUT2D eigenvalue weighted by molar-refractivity contribution is 6.30. The molecule has 4 nitrogen and oxygen atoms in total. The van der Waals surface area contributed by atoms with E-state index in [0.29, 0.717) is 10.7 Å². The van der Waals surface area contributed by atoms with Crippen molar-refractivity contribution in [3.8, 4) is 16.9 Å². The van der Waals surface area contributed by atoms with Crippen molar-refractivity contribution in [1.29, 1.82) is 0 Å². The van der Waals surface area contributed by atoms with E-state index < -0.39 is 0 Å². The molecule has 0 atom stereocenters.